The van der Waals surface area contributed by atoms with Crippen molar-refractivity contribution in [2.75, 3.05) is 12.3 Å². The van der Waals surface area contributed by atoms with Crippen molar-refractivity contribution in [2.24, 2.45) is 0 Å². The number of amides is 1. The molecule has 0 bridgehead atoms. The number of ether oxygens (including phenoxy) is 1. The summed E-state index contributed by atoms with van der Waals surface area (Å²) in [4.78, 5) is 13.2. The first-order valence-corrected chi connectivity index (χ1v) is 7.33. The molecule has 0 spiro atoms. The Bertz CT molecular complexity index is 608. The highest BCUT2D eigenvalue weighted by atomic mass is 32.1. The lowest BCUT2D eigenvalue weighted by Crippen LogP contribution is -2.22. The summed E-state index contributed by atoms with van der Waals surface area (Å²) in [5.41, 5.74) is 8.07. The van der Waals surface area contributed by atoms with E-state index in [1.807, 2.05) is 25.3 Å². The van der Waals surface area contributed by atoms with Gasteiger partial charge in [0.1, 0.15) is 5.75 Å². The molecule has 1 aromatic carbocycles. The maximum atomic E-state index is 12.1. The van der Waals surface area contributed by atoms with E-state index in [0.29, 0.717) is 30.2 Å². The Morgan fingerprint density at radius 2 is 2.20 bits per heavy atom. The predicted molar refractivity (Wildman–Crippen MR) is 82.2 cm³/mol. The Morgan fingerprint density at radius 3 is 2.80 bits per heavy atom. The van der Waals surface area contributed by atoms with Gasteiger partial charge in [-0.25, -0.2) is 0 Å². The van der Waals surface area contributed by atoms with Crippen LogP contribution in [0.5, 0.6) is 5.75 Å². The highest BCUT2D eigenvalue weighted by molar-refractivity contribution is 7.10. The Labute approximate surface area is 122 Å². The van der Waals surface area contributed by atoms with Gasteiger partial charge in [-0.1, -0.05) is 0 Å². The maximum absolute atomic E-state index is 12.1. The average Bonchev–Trinajstić information content (AvgIpc) is 2.84. The Kier molecular flexibility index (Phi) is 4.63. The number of nitrogens with one attached hydrogen (secondary N) is 1. The fourth-order valence-corrected chi connectivity index (χ4v) is 2.67. The highest BCUT2D eigenvalue weighted by Gasteiger charge is 2.09. The zero-order valence-corrected chi connectivity index (χ0v) is 12.4. The van der Waals surface area contributed by atoms with Crippen molar-refractivity contribution in [1.29, 1.82) is 0 Å². The lowest BCUT2D eigenvalue weighted by Gasteiger charge is -2.09. The Balaban J connectivity index is 2.02. The van der Waals surface area contributed by atoms with Crippen LogP contribution in [-0.4, -0.2) is 12.5 Å². The van der Waals surface area contributed by atoms with Gasteiger partial charge in [-0.2, -0.15) is 0 Å². The van der Waals surface area contributed by atoms with Crippen LogP contribution in [0.15, 0.2) is 29.6 Å². The quantitative estimate of drug-likeness (QED) is 0.832. The number of nitrogens with two attached hydrogens (primary N) is 1. The molecule has 0 fully saturated rings. The fourth-order valence-electron chi connectivity index (χ4n) is 1.82. The number of thiophene rings is 1. The first-order valence-electron chi connectivity index (χ1n) is 6.45. The number of carbonyl (C=O) groups is 1. The van der Waals surface area contributed by atoms with Gasteiger partial charge in [-0.3, -0.25) is 4.79 Å². The Morgan fingerprint density at radius 1 is 1.40 bits per heavy atom. The average molecular weight is 290 g/mol. The summed E-state index contributed by atoms with van der Waals surface area (Å²) in [5, 5.41) is 4.92. The first kappa shape index (κ1) is 14.4. The molecule has 106 valence electrons. The number of nitrogen functional groups attached to an aromatic ring is 1. The molecule has 3 N–H and O–H groups in total. The second kappa shape index (κ2) is 6.43. The number of anilines is 1. The van der Waals surface area contributed by atoms with Gasteiger partial charge < -0.3 is 15.8 Å². The minimum Gasteiger partial charge on any atom is -0.492 e. The first-order chi connectivity index (χ1) is 9.61. The molecule has 0 radical (unpaired) electrons. The topological polar surface area (TPSA) is 64.3 Å². The van der Waals surface area contributed by atoms with E-state index in [1.54, 1.807) is 29.5 Å². The van der Waals surface area contributed by atoms with Gasteiger partial charge >= 0.3 is 0 Å². The number of hydrogen-bond acceptors (Lipinski definition) is 4. The molecule has 0 aliphatic rings. The molecule has 2 rings (SSSR count). The molecule has 1 heterocycles. The number of benzene rings is 1. The van der Waals surface area contributed by atoms with E-state index in [4.69, 9.17) is 10.5 Å². The lowest BCUT2D eigenvalue weighted by molar-refractivity contribution is 0.0951. The standard InChI is InChI=1S/C15H18N2O2S/c1-3-19-13-5-4-11(8-12(13)16)15(18)17-9-14-10(2)6-7-20-14/h4-8H,3,9,16H2,1-2H3,(H,17,18). The summed E-state index contributed by atoms with van der Waals surface area (Å²) in [6.45, 7) is 5.01. The molecule has 0 aliphatic heterocycles. The predicted octanol–water partition coefficient (Wildman–Crippen LogP) is 2.97. The molecule has 1 amide bonds. The second-order valence-corrected chi connectivity index (χ2v) is 5.40. The third kappa shape index (κ3) is 3.30. The molecule has 0 atom stereocenters. The van der Waals surface area contributed by atoms with Gasteiger partial charge in [0.05, 0.1) is 18.8 Å². The summed E-state index contributed by atoms with van der Waals surface area (Å²) in [7, 11) is 0. The summed E-state index contributed by atoms with van der Waals surface area (Å²) in [5.74, 6) is 0.477. The minimum atomic E-state index is -0.132. The van der Waals surface area contributed by atoms with E-state index in [9.17, 15) is 4.79 Å². The van der Waals surface area contributed by atoms with Crippen LogP contribution in [0.3, 0.4) is 0 Å². The summed E-state index contributed by atoms with van der Waals surface area (Å²) in [6, 6.07) is 7.13. The van der Waals surface area contributed by atoms with Crippen LogP contribution >= 0.6 is 11.3 Å². The van der Waals surface area contributed by atoms with Crippen molar-refractivity contribution in [3.8, 4) is 5.75 Å². The molecule has 0 unspecified atom stereocenters. The van der Waals surface area contributed by atoms with Gasteiger partial charge in [0, 0.05) is 10.4 Å². The van der Waals surface area contributed by atoms with Crippen LogP contribution in [0, 0.1) is 6.92 Å². The van der Waals surface area contributed by atoms with Crippen molar-refractivity contribution in [3.63, 3.8) is 0 Å². The van der Waals surface area contributed by atoms with Crippen LogP contribution in [0.1, 0.15) is 27.7 Å². The van der Waals surface area contributed by atoms with Crippen LogP contribution in [-0.2, 0) is 6.54 Å². The van der Waals surface area contributed by atoms with E-state index >= 15 is 0 Å². The Hall–Kier alpha value is -2.01. The minimum absolute atomic E-state index is 0.132. The van der Waals surface area contributed by atoms with Crippen LogP contribution in [0.25, 0.3) is 0 Å². The number of rotatable bonds is 5. The van der Waals surface area contributed by atoms with Crippen molar-refractivity contribution in [1.82, 2.24) is 5.32 Å². The number of hydrogen-bond donors (Lipinski definition) is 2. The molecular weight excluding hydrogens is 272 g/mol. The zero-order chi connectivity index (χ0) is 14.5. The van der Waals surface area contributed by atoms with E-state index in [0.717, 1.165) is 4.88 Å². The van der Waals surface area contributed by atoms with Gasteiger partial charge in [0.15, 0.2) is 0 Å². The fraction of sp³-hybridized carbons (Fsp3) is 0.267. The highest BCUT2D eigenvalue weighted by Crippen LogP contribution is 2.22. The third-order valence-electron chi connectivity index (χ3n) is 2.95. The van der Waals surface area contributed by atoms with Crippen LogP contribution in [0.2, 0.25) is 0 Å². The van der Waals surface area contributed by atoms with E-state index in [-0.39, 0.29) is 5.91 Å². The van der Waals surface area contributed by atoms with E-state index < -0.39 is 0 Å². The summed E-state index contributed by atoms with van der Waals surface area (Å²) >= 11 is 1.64. The van der Waals surface area contributed by atoms with Gasteiger partial charge in [-0.05, 0) is 49.1 Å². The smallest absolute Gasteiger partial charge is 0.251 e. The molecule has 5 heteroatoms. The molecule has 0 saturated heterocycles. The van der Waals surface area contributed by atoms with Crippen molar-refractivity contribution >= 4 is 22.9 Å². The molecular formula is C15H18N2O2S. The number of aryl methyl sites for hydroxylation is 1. The molecule has 0 saturated carbocycles. The normalized spacial score (nSPS) is 10.3. The van der Waals surface area contributed by atoms with Crippen molar-refractivity contribution in [2.45, 2.75) is 20.4 Å². The third-order valence-corrected chi connectivity index (χ3v) is 3.97. The summed E-state index contributed by atoms with van der Waals surface area (Å²) in [6.07, 6.45) is 0. The van der Waals surface area contributed by atoms with Crippen molar-refractivity contribution < 1.29 is 9.53 Å². The summed E-state index contributed by atoms with van der Waals surface area (Å²) < 4.78 is 5.35. The SMILES string of the molecule is CCOc1ccc(C(=O)NCc2sccc2C)cc1N. The second-order valence-electron chi connectivity index (χ2n) is 4.40. The van der Waals surface area contributed by atoms with Crippen LogP contribution in [0.4, 0.5) is 5.69 Å². The molecule has 0 aliphatic carbocycles. The van der Waals surface area contributed by atoms with E-state index in [1.165, 1.54) is 5.56 Å². The zero-order valence-electron chi connectivity index (χ0n) is 11.6. The molecule has 4 nitrogen and oxygen atoms in total. The van der Waals surface area contributed by atoms with Gasteiger partial charge in [-0.15, -0.1) is 11.3 Å². The lowest BCUT2D eigenvalue weighted by atomic mass is 10.1. The van der Waals surface area contributed by atoms with Gasteiger partial charge in [0.25, 0.3) is 5.91 Å². The van der Waals surface area contributed by atoms with E-state index in [2.05, 4.69) is 5.32 Å². The number of carbonyl (C=O) groups excluding carboxylic acids is 1. The van der Waals surface area contributed by atoms with Crippen molar-refractivity contribution in [3.05, 3.63) is 45.6 Å². The molecule has 20 heavy (non-hydrogen) atoms. The monoisotopic (exact) mass is 290 g/mol. The largest absolute Gasteiger partial charge is 0.492 e. The van der Waals surface area contributed by atoms with Crippen LogP contribution < -0.4 is 15.8 Å². The molecule has 1 aromatic heterocycles. The molecule has 2 aromatic rings. The van der Waals surface area contributed by atoms with Gasteiger partial charge in [0.2, 0.25) is 0 Å². The maximum Gasteiger partial charge on any atom is 0.251 e.